The molecule has 0 amide bonds. The van der Waals surface area contributed by atoms with Crippen LogP contribution in [-0.4, -0.2) is 14.1 Å². The van der Waals surface area contributed by atoms with Crippen molar-refractivity contribution in [1.29, 1.82) is 0 Å². The third kappa shape index (κ3) is 3.52. The van der Waals surface area contributed by atoms with Gasteiger partial charge < -0.3 is 4.43 Å². The Morgan fingerprint density at radius 3 is 2.53 bits per heavy atom. The second kappa shape index (κ2) is 7.26. The van der Waals surface area contributed by atoms with Crippen molar-refractivity contribution in [1.82, 2.24) is 0 Å². The highest BCUT2D eigenvalue weighted by Crippen LogP contribution is 2.66. The maximum absolute atomic E-state index is 12.4. The lowest BCUT2D eigenvalue weighted by Crippen LogP contribution is -2.51. The topological polar surface area (TPSA) is 26.3 Å². The molecule has 0 aromatic heterocycles. The fourth-order valence-corrected chi connectivity index (χ4v) is 7.77. The smallest absolute Gasteiger partial charge is 0.264 e. The van der Waals surface area contributed by atoms with E-state index in [4.69, 9.17) is 4.43 Å². The van der Waals surface area contributed by atoms with E-state index in [1.807, 2.05) is 6.08 Å². The molecule has 0 aliphatic heterocycles. The van der Waals surface area contributed by atoms with Crippen molar-refractivity contribution in [2.75, 3.05) is 0 Å². The van der Waals surface area contributed by atoms with Gasteiger partial charge in [-0.05, 0) is 96.9 Å². The summed E-state index contributed by atoms with van der Waals surface area (Å²) in [7, 11) is -1.89. The van der Waals surface area contributed by atoms with Crippen LogP contribution in [0, 0.1) is 46.5 Å². The Kier molecular flexibility index (Phi) is 5.37. The zero-order valence-electron chi connectivity index (χ0n) is 20.4. The standard InChI is InChI=1S/C27H42O2Si/c1-25(2,3)30(6,7)29-16-12-19-17-21-22-9-8-13-26(22,4)14-11-23(21)27(5)15-10-20(28)18-24(19)27/h18-19,21-23H,8-11,13-15,17H2,1-7H3/t19-,21+,22+,23+,26+,27-/m1/s1. The van der Waals surface area contributed by atoms with E-state index in [1.165, 1.54) is 37.7 Å². The zero-order chi connectivity index (χ0) is 21.9. The Morgan fingerprint density at radius 2 is 1.83 bits per heavy atom. The van der Waals surface area contributed by atoms with E-state index in [0.29, 0.717) is 17.6 Å². The van der Waals surface area contributed by atoms with Crippen molar-refractivity contribution in [3.63, 3.8) is 0 Å². The molecule has 4 aliphatic rings. The predicted octanol–water partition coefficient (Wildman–Crippen LogP) is 7.12. The molecule has 3 saturated carbocycles. The molecule has 30 heavy (non-hydrogen) atoms. The maximum Gasteiger partial charge on any atom is 0.264 e. The van der Waals surface area contributed by atoms with E-state index in [-0.39, 0.29) is 16.4 Å². The number of carbonyl (C=O) groups is 1. The van der Waals surface area contributed by atoms with Crippen LogP contribution in [0.15, 0.2) is 11.6 Å². The highest BCUT2D eigenvalue weighted by atomic mass is 28.4. The number of rotatable bonds is 1. The molecule has 0 bridgehead atoms. The van der Waals surface area contributed by atoms with Crippen molar-refractivity contribution in [3.8, 4) is 12.0 Å². The molecule has 4 rings (SSSR count). The molecular formula is C27H42O2Si. The molecule has 0 saturated heterocycles. The van der Waals surface area contributed by atoms with Crippen LogP contribution in [0.5, 0.6) is 0 Å². The molecule has 2 nitrogen and oxygen atoms in total. The fraction of sp³-hybridized carbons (Fsp3) is 0.815. The first kappa shape index (κ1) is 22.2. The normalized spacial score (nSPS) is 41.0. The Hall–Kier alpha value is -1.01. The first-order valence-corrected chi connectivity index (χ1v) is 15.2. The summed E-state index contributed by atoms with van der Waals surface area (Å²) in [5, 5.41) is 0.156. The molecular weight excluding hydrogens is 384 g/mol. The van der Waals surface area contributed by atoms with E-state index < -0.39 is 8.32 Å². The quantitative estimate of drug-likeness (QED) is 0.330. The van der Waals surface area contributed by atoms with Crippen LogP contribution in [-0.2, 0) is 9.22 Å². The van der Waals surface area contributed by atoms with Crippen molar-refractivity contribution >= 4 is 14.1 Å². The van der Waals surface area contributed by atoms with Gasteiger partial charge in [-0.3, -0.25) is 4.79 Å². The molecule has 0 N–H and O–H groups in total. The lowest BCUT2D eigenvalue weighted by molar-refractivity contribution is -0.117. The van der Waals surface area contributed by atoms with Crippen LogP contribution in [0.25, 0.3) is 0 Å². The summed E-state index contributed by atoms with van der Waals surface area (Å²) >= 11 is 0. The van der Waals surface area contributed by atoms with Gasteiger partial charge in [0.15, 0.2) is 5.78 Å². The molecule has 6 atom stereocenters. The molecule has 3 heteroatoms. The third-order valence-electron chi connectivity index (χ3n) is 10.1. The largest absolute Gasteiger partial charge is 0.500 e. The monoisotopic (exact) mass is 426 g/mol. The molecule has 0 unspecified atom stereocenters. The van der Waals surface area contributed by atoms with Gasteiger partial charge in [-0.2, -0.15) is 0 Å². The van der Waals surface area contributed by atoms with Gasteiger partial charge in [-0.25, -0.2) is 0 Å². The molecule has 0 aromatic carbocycles. The van der Waals surface area contributed by atoms with Gasteiger partial charge in [-0.1, -0.05) is 47.0 Å². The van der Waals surface area contributed by atoms with Gasteiger partial charge in [0.25, 0.3) is 8.32 Å². The van der Waals surface area contributed by atoms with Gasteiger partial charge in [-0.15, -0.1) is 0 Å². The minimum Gasteiger partial charge on any atom is -0.500 e. The summed E-state index contributed by atoms with van der Waals surface area (Å²) < 4.78 is 6.24. The van der Waals surface area contributed by atoms with Crippen molar-refractivity contribution in [2.24, 2.45) is 34.5 Å². The highest BCUT2D eigenvalue weighted by molar-refractivity contribution is 6.74. The third-order valence-corrected chi connectivity index (χ3v) is 14.4. The number of hydrogen-bond acceptors (Lipinski definition) is 2. The molecule has 166 valence electrons. The first-order valence-electron chi connectivity index (χ1n) is 12.3. The minimum atomic E-state index is -1.89. The van der Waals surface area contributed by atoms with Crippen LogP contribution in [0.2, 0.25) is 18.1 Å². The van der Waals surface area contributed by atoms with Gasteiger partial charge in [0, 0.05) is 12.3 Å². The van der Waals surface area contributed by atoms with Gasteiger partial charge in [0.2, 0.25) is 0 Å². The SMILES string of the molecule is CC(C)(C)[Si](C)(C)OC#C[C@@H]1C[C@H]2[C@@H]3CCC[C@@]3(C)CC[C@@H]2[C@@]2(C)CCC(=O)C=C12. The fourth-order valence-electron chi connectivity index (χ4n) is 7.15. The van der Waals surface area contributed by atoms with E-state index in [2.05, 4.69) is 59.7 Å². The van der Waals surface area contributed by atoms with Gasteiger partial charge >= 0.3 is 0 Å². The van der Waals surface area contributed by atoms with Crippen LogP contribution < -0.4 is 0 Å². The number of allylic oxidation sites excluding steroid dienone is 1. The maximum atomic E-state index is 12.4. The van der Waals surface area contributed by atoms with Crippen molar-refractivity contribution in [2.45, 2.75) is 104 Å². The summed E-state index contributed by atoms with van der Waals surface area (Å²) in [6, 6.07) is 0. The van der Waals surface area contributed by atoms with Crippen LogP contribution in [0.1, 0.15) is 86.0 Å². The van der Waals surface area contributed by atoms with Crippen LogP contribution in [0.4, 0.5) is 0 Å². The second-order valence-corrected chi connectivity index (χ2v) is 17.6. The molecule has 0 spiro atoms. The van der Waals surface area contributed by atoms with Crippen LogP contribution in [0.3, 0.4) is 0 Å². The minimum absolute atomic E-state index is 0.150. The summed E-state index contributed by atoms with van der Waals surface area (Å²) in [4.78, 5) is 12.4. The Balaban J connectivity index is 1.67. The number of ketones is 1. The lowest BCUT2D eigenvalue weighted by Gasteiger charge is -2.58. The summed E-state index contributed by atoms with van der Waals surface area (Å²) in [6.07, 6.45) is 15.0. The van der Waals surface area contributed by atoms with Gasteiger partial charge in [0.1, 0.15) is 0 Å². The number of hydrogen-bond donors (Lipinski definition) is 0. The van der Waals surface area contributed by atoms with E-state index in [1.54, 1.807) is 0 Å². The summed E-state index contributed by atoms with van der Waals surface area (Å²) in [5.41, 5.74) is 2.03. The van der Waals surface area contributed by atoms with Crippen molar-refractivity contribution < 1.29 is 9.22 Å². The van der Waals surface area contributed by atoms with E-state index in [0.717, 1.165) is 30.6 Å². The molecule has 0 radical (unpaired) electrons. The molecule has 0 heterocycles. The Morgan fingerprint density at radius 1 is 1.10 bits per heavy atom. The Bertz CT molecular complexity index is 807. The number of carbonyl (C=O) groups excluding carboxylic acids is 1. The summed E-state index contributed by atoms with van der Waals surface area (Å²) in [6.45, 7) is 16.3. The Labute approximate surface area is 185 Å². The van der Waals surface area contributed by atoms with E-state index in [9.17, 15) is 4.79 Å². The average Bonchev–Trinajstić information content (AvgIpc) is 3.04. The zero-order valence-corrected chi connectivity index (χ0v) is 21.4. The summed E-state index contributed by atoms with van der Waals surface area (Å²) in [5.74, 6) is 6.39. The molecule has 0 aromatic rings. The molecule has 4 aliphatic carbocycles. The number of fused-ring (bicyclic) bond motifs is 5. The highest BCUT2D eigenvalue weighted by Gasteiger charge is 2.58. The van der Waals surface area contributed by atoms with Crippen LogP contribution >= 0.6 is 0 Å². The van der Waals surface area contributed by atoms with E-state index >= 15 is 0 Å². The molecule has 3 fully saturated rings. The predicted molar refractivity (Wildman–Crippen MR) is 126 cm³/mol. The van der Waals surface area contributed by atoms with Crippen molar-refractivity contribution in [3.05, 3.63) is 11.6 Å². The first-order chi connectivity index (χ1) is 13.9. The van der Waals surface area contributed by atoms with Gasteiger partial charge in [0.05, 0.1) is 6.11 Å². The average molecular weight is 427 g/mol. The second-order valence-electron chi connectivity index (χ2n) is 12.8. The lowest BCUT2D eigenvalue weighted by atomic mass is 9.46.